The molecule has 0 spiro atoms. The van der Waals surface area contributed by atoms with Crippen LogP contribution in [-0.2, 0) is 11.8 Å². The molecule has 1 N–H and O–H groups in total. The predicted octanol–water partition coefficient (Wildman–Crippen LogP) is 2.60. The first-order chi connectivity index (χ1) is 11.7. The minimum Gasteiger partial charge on any atom is -0.387 e. The Hall–Kier alpha value is -2.22. The SMILES string of the molecule is N#CC1(c2ccccn2)CCN(C2Cc3ccccc3C2O)CC1. The maximum atomic E-state index is 10.7. The van der Waals surface area contributed by atoms with Gasteiger partial charge in [-0.05, 0) is 42.5 Å². The highest BCUT2D eigenvalue weighted by atomic mass is 16.3. The zero-order valence-electron chi connectivity index (χ0n) is 13.6. The van der Waals surface area contributed by atoms with Crippen molar-refractivity contribution in [2.75, 3.05) is 13.1 Å². The van der Waals surface area contributed by atoms with Crippen molar-refractivity contribution in [3.8, 4) is 6.07 Å². The van der Waals surface area contributed by atoms with Crippen molar-refractivity contribution in [3.63, 3.8) is 0 Å². The van der Waals surface area contributed by atoms with E-state index in [0.717, 1.165) is 43.6 Å². The third kappa shape index (κ3) is 2.41. The molecule has 122 valence electrons. The predicted molar refractivity (Wildman–Crippen MR) is 91.2 cm³/mol. The second-order valence-electron chi connectivity index (χ2n) is 6.86. The molecule has 2 aliphatic rings. The Morgan fingerprint density at radius 3 is 2.54 bits per heavy atom. The lowest BCUT2D eigenvalue weighted by Gasteiger charge is -2.40. The fourth-order valence-corrected chi connectivity index (χ4v) is 4.19. The molecule has 0 saturated carbocycles. The number of benzene rings is 1. The van der Waals surface area contributed by atoms with Crippen LogP contribution in [-0.4, -0.2) is 34.1 Å². The summed E-state index contributed by atoms with van der Waals surface area (Å²) in [6.45, 7) is 1.64. The van der Waals surface area contributed by atoms with E-state index >= 15 is 0 Å². The van der Waals surface area contributed by atoms with Gasteiger partial charge in [-0.15, -0.1) is 0 Å². The second-order valence-corrected chi connectivity index (χ2v) is 6.86. The van der Waals surface area contributed by atoms with E-state index in [-0.39, 0.29) is 6.04 Å². The molecular weight excluding hydrogens is 298 g/mol. The van der Waals surface area contributed by atoms with Gasteiger partial charge >= 0.3 is 0 Å². The van der Waals surface area contributed by atoms with Crippen LogP contribution in [0.3, 0.4) is 0 Å². The number of hydrogen-bond acceptors (Lipinski definition) is 4. The van der Waals surface area contributed by atoms with Gasteiger partial charge in [0.25, 0.3) is 0 Å². The van der Waals surface area contributed by atoms with Crippen LogP contribution >= 0.6 is 0 Å². The minimum absolute atomic E-state index is 0.128. The van der Waals surface area contributed by atoms with Gasteiger partial charge in [-0.25, -0.2) is 0 Å². The molecule has 1 aromatic heterocycles. The molecule has 0 bridgehead atoms. The summed E-state index contributed by atoms with van der Waals surface area (Å²) >= 11 is 0. The Labute approximate surface area is 142 Å². The van der Waals surface area contributed by atoms with E-state index in [4.69, 9.17) is 0 Å². The molecule has 2 heterocycles. The normalized spacial score (nSPS) is 25.8. The summed E-state index contributed by atoms with van der Waals surface area (Å²) in [6.07, 6.45) is 3.75. The standard InChI is InChI=1S/C20H21N3O/c21-14-20(18-7-3-4-10-22-18)8-11-23(12-9-20)17-13-15-5-1-2-6-16(15)19(17)24/h1-7,10,17,19,24H,8-9,11-13H2. The third-order valence-corrected chi connectivity index (χ3v) is 5.66. The summed E-state index contributed by atoms with van der Waals surface area (Å²) in [4.78, 5) is 6.78. The quantitative estimate of drug-likeness (QED) is 0.924. The van der Waals surface area contributed by atoms with Crippen molar-refractivity contribution in [2.45, 2.75) is 36.8 Å². The number of pyridine rings is 1. The van der Waals surface area contributed by atoms with Gasteiger partial charge in [0, 0.05) is 25.3 Å². The second kappa shape index (κ2) is 6.01. The van der Waals surface area contributed by atoms with Crippen LogP contribution in [0, 0.1) is 11.3 Å². The Morgan fingerprint density at radius 2 is 1.88 bits per heavy atom. The topological polar surface area (TPSA) is 60.2 Å². The summed E-state index contributed by atoms with van der Waals surface area (Å²) in [6, 6.07) is 16.6. The molecular formula is C20H21N3O. The van der Waals surface area contributed by atoms with Crippen LogP contribution in [0.4, 0.5) is 0 Å². The average Bonchev–Trinajstić information content (AvgIpc) is 3.00. The Kier molecular flexibility index (Phi) is 3.84. The van der Waals surface area contributed by atoms with E-state index in [1.165, 1.54) is 5.56 Å². The maximum Gasteiger partial charge on any atom is 0.102 e. The van der Waals surface area contributed by atoms with E-state index in [0.29, 0.717) is 0 Å². The largest absolute Gasteiger partial charge is 0.387 e. The highest BCUT2D eigenvalue weighted by molar-refractivity contribution is 5.36. The number of aliphatic hydroxyl groups is 1. The molecule has 1 fully saturated rings. The molecule has 4 rings (SSSR count). The molecule has 24 heavy (non-hydrogen) atoms. The first-order valence-corrected chi connectivity index (χ1v) is 8.56. The molecule has 2 atom stereocenters. The lowest BCUT2D eigenvalue weighted by Crippen LogP contribution is -2.48. The summed E-state index contributed by atoms with van der Waals surface area (Å²) in [5.74, 6) is 0. The molecule has 1 saturated heterocycles. The monoisotopic (exact) mass is 319 g/mol. The fourth-order valence-electron chi connectivity index (χ4n) is 4.19. The van der Waals surface area contributed by atoms with Gasteiger partial charge in [-0.2, -0.15) is 5.26 Å². The summed E-state index contributed by atoms with van der Waals surface area (Å²) in [5.41, 5.74) is 2.69. The van der Waals surface area contributed by atoms with Crippen LogP contribution in [0.25, 0.3) is 0 Å². The molecule has 4 nitrogen and oxygen atoms in total. The number of aliphatic hydroxyl groups excluding tert-OH is 1. The zero-order valence-corrected chi connectivity index (χ0v) is 13.6. The molecule has 2 unspecified atom stereocenters. The van der Waals surface area contributed by atoms with Crippen LogP contribution in [0.15, 0.2) is 48.7 Å². The fraction of sp³-hybridized carbons (Fsp3) is 0.400. The van der Waals surface area contributed by atoms with Crippen molar-refractivity contribution in [1.29, 1.82) is 5.26 Å². The van der Waals surface area contributed by atoms with Crippen LogP contribution in [0.1, 0.15) is 35.8 Å². The average molecular weight is 319 g/mol. The lowest BCUT2D eigenvalue weighted by molar-refractivity contribution is 0.0391. The van der Waals surface area contributed by atoms with Gasteiger partial charge in [0.05, 0.1) is 17.9 Å². The molecule has 0 radical (unpaired) electrons. The number of nitrogens with zero attached hydrogens (tertiary/aromatic N) is 3. The smallest absolute Gasteiger partial charge is 0.102 e. The van der Waals surface area contributed by atoms with E-state index in [9.17, 15) is 10.4 Å². The first-order valence-electron chi connectivity index (χ1n) is 8.56. The van der Waals surface area contributed by atoms with Crippen molar-refractivity contribution in [3.05, 3.63) is 65.5 Å². The summed E-state index contributed by atoms with van der Waals surface area (Å²) < 4.78 is 0. The van der Waals surface area contributed by atoms with Crippen molar-refractivity contribution in [2.24, 2.45) is 0 Å². The number of piperidine rings is 1. The van der Waals surface area contributed by atoms with Gasteiger partial charge in [0.15, 0.2) is 0 Å². The van der Waals surface area contributed by atoms with E-state index in [1.807, 2.05) is 36.4 Å². The number of hydrogen-bond donors (Lipinski definition) is 1. The van der Waals surface area contributed by atoms with Gasteiger partial charge in [-0.1, -0.05) is 30.3 Å². The zero-order chi connectivity index (χ0) is 16.6. The Morgan fingerprint density at radius 1 is 1.12 bits per heavy atom. The van der Waals surface area contributed by atoms with Crippen LogP contribution in [0.2, 0.25) is 0 Å². The van der Waals surface area contributed by atoms with E-state index < -0.39 is 11.5 Å². The first kappa shape index (κ1) is 15.3. The van der Waals surface area contributed by atoms with E-state index in [1.54, 1.807) is 6.20 Å². The van der Waals surface area contributed by atoms with Gasteiger partial charge < -0.3 is 5.11 Å². The third-order valence-electron chi connectivity index (χ3n) is 5.66. The number of fused-ring (bicyclic) bond motifs is 1. The van der Waals surface area contributed by atoms with Crippen LogP contribution < -0.4 is 0 Å². The summed E-state index contributed by atoms with van der Waals surface area (Å²) in [5, 5.41) is 20.5. The summed E-state index contributed by atoms with van der Waals surface area (Å²) in [7, 11) is 0. The maximum absolute atomic E-state index is 10.7. The Bertz CT molecular complexity index is 760. The molecule has 1 aliphatic heterocycles. The van der Waals surface area contributed by atoms with Gasteiger partial charge in [0.1, 0.15) is 5.41 Å². The number of likely N-dealkylation sites (tertiary alicyclic amines) is 1. The number of aromatic nitrogens is 1. The molecule has 1 aromatic carbocycles. The molecule has 1 aliphatic carbocycles. The van der Waals surface area contributed by atoms with Crippen molar-refractivity contribution < 1.29 is 5.11 Å². The molecule has 4 heteroatoms. The highest BCUT2D eigenvalue weighted by Crippen LogP contribution is 2.39. The van der Waals surface area contributed by atoms with Gasteiger partial charge in [0.2, 0.25) is 0 Å². The number of rotatable bonds is 2. The molecule has 0 amide bonds. The minimum atomic E-state index is -0.492. The highest BCUT2D eigenvalue weighted by Gasteiger charge is 2.42. The lowest BCUT2D eigenvalue weighted by atomic mass is 9.76. The van der Waals surface area contributed by atoms with E-state index in [2.05, 4.69) is 22.0 Å². The van der Waals surface area contributed by atoms with Crippen LogP contribution in [0.5, 0.6) is 0 Å². The van der Waals surface area contributed by atoms with Crippen molar-refractivity contribution >= 4 is 0 Å². The Balaban J connectivity index is 1.50. The van der Waals surface area contributed by atoms with Gasteiger partial charge in [-0.3, -0.25) is 9.88 Å². The van der Waals surface area contributed by atoms with Crippen molar-refractivity contribution in [1.82, 2.24) is 9.88 Å². The number of nitriles is 1. The molecule has 2 aromatic rings.